The van der Waals surface area contributed by atoms with E-state index in [4.69, 9.17) is 14.5 Å². The van der Waals surface area contributed by atoms with Crippen LogP contribution in [0.4, 0.5) is 5.69 Å². The molecule has 0 unspecified atom stereocenters. The zero-order valence-corrected chi connectivity index (χ0v) is 25.9. The Morgan fingerprint density at radius 1 is 1.10 bits per heavy atom. The molecule has 214 valence electrons. The van der Waals surface area contributed by atoms with Crippen molar-refractivity contribution < 1.29 is 19.1 Å². The number of hydrogen-bond donors (Lipinski definition) is 0. The number of unbranched alkanes of at least 4 members (excludes halogenated alkanes) is 1. The van der Waals surface area contributed by atoms with E-state index >= 15 is 0 Å². The smallest absolute Gasteiger partial charge is 0.338 e. The van der Waals surface area contributed by atoms with E-state index in [0.29, 0.717) is 50.5 Å². The van der Waals surface area contributed by atoms with Crippen molar-refractivity contribution in [1.82, 2.24) is 4.57 Å². The minimum atomic E-state index is -0.850. The molecule has 41 heavy (non-hydrogen) atoms. The van der Waals surface area contributed by atoms with Crippen molar-refractivity contribution in [1.29, 1.82) is 0 Å². The zero-order chi connectivity index (χ0) is 29.3. The van der Waals surface area contributed by atoms with E-state index in [-0.39, 0.29) is 18.1 Å². The lowest BCUT2D eigenvalue weighted by Crippen LogP contribution is -2.41. The number of methoxy groups -OCH3 is 1. The molecule has 0 spiro atoms. The Hall–Kier alpha value is -3.50. The highest BCUT2D eigenvalue weighted by atomic mass is 79.9. The summed E-state index contributed by atoms with van der Waals surface area (Å²) in [6, 6.07) is 12.2. The van der Waals surface area contributed by atoms with Crippen LogP contribution < -0.4 is 24.5 Å². The second-order valence-corrected chi connectivity index (χ2v) is 11.7. The summed E-state index contributed by atoms with van der Waals surface area (Å²) < 4.78 is 13.8. The Kier molecular flexibility index (Phi) is 8.60. The number of para-hydroxylation sites is 1. The van der Waals surface area contributed by atoms with Crippen LogP contribution in [-0.4, -0.2) is 36.7 Å². The molecule has 0 fully saturated rings. The molecule has 0 saturated carbocycles. The van der Waals surface area contributed by atoms with E-state index in [1.54, 1.807) is 25.0 Å². The summed E-state index contributed by atoms with van der Waals surface area (Å²) in [4.78, 5) is 48.8. The first-order valence-corrected chi connectivity index (χ1v) is 15.5. The molecule has 0 saturated heterocycles. The third-order valence-electron chi connectivity index (χ3n) is 7.24. The summed E-state index contributed by atoms with van der Waals surface area (Å²) in [5.74, 6) is -0.207. The lowest BCUT2D eigenvalue weighted by atomic mass is 9.93. The maximum absolute atomic E-state index is 14.4. The Balaban J connectivity index is 1.85. The number of halogens is 1. The maximum Gasteiger partial charge on any atom is 0.338 e. The fourth-order valence-electron chi connectivity index (χ4n) is 5.42. The topological polar surface area (TPSA) is 90.2 Å². The van der Waals surface area contributed by atoms with Gasteiger partial charge in [-0.15, -0.1) is 0 Å². The minimum Gasteiger partial charge on any atom is -0.496 e. The van der Waals surface area contributed by atoms with Crippen molar-refractivity contribution in [2.24, 2.45) is 4.99 Å². The molecule has 0 N–H and O–H groups in total. The molecule has 0 bridgehead atoms. The molecule has 1 amide bonds. The van der Waals surface area contributed by atoms with E-state index in [1.165, 1.54) is 15.9 Å². The molecule has 1 aromatic heterocycles. The van der Waals surface area contributed by atoms with E-state index in [0.717, 1.165) is 35.0 Å². The average Bonchev–Trinajstić information content (AvgIpc) is 3.43. The summed E-state index contributed by atoms with van der Waals surface area (Å²) in [6.45, 7) is 6.58. The number of anilines is 1. The number of thiazole rings is 1. The van der Waals surface area contributed by atoms with Gasteiger partial charge in [-0.1, -0.05) is 72.2 Å². The van der Waals surface area contributed by atoms with Crippen LogP contribution in [0, 0.1) is 0 Å². The third kappa shape index (κ3) is 5.08. The number of esters is 1. The van der Waals surface area contributed by atoms with Crippen LogP contribution in [0.1, 0.15) is 63.6 Å². The number of allylic oxidation sites excluding steroid dienone is 1. The number of hydrogen-bond acceptors (Lipinski definition) is 7. The summed E-state index contributed by atoms with van der Waals surface area (Å²) in [6.07, 6.45) is 3.04. The molecular weight excluding hydrogens is 606 g/mol. The van der Waals surface area contributed by atoms with Gasteiger partial charge in [0.05, 0.1) is 36.2 Å². The predicted molar refractivity (Wildman–Crippen MR) is 163 cm³/mol. The van der Waals surface area contributed by atoms with Crippen LogP contribution in [0.25, 0.3) is 5.57 Å². The second-order valence-electron chi connectivity index (χ2n) is 9.82. The Bertz CT molecular complexity index is 1740. The van der Waals surface area contributed by atoms with Crippen molar-refractivity contribution in [3.8, 4) is 5.75 Å². The predicted octanol–water partition coefficient (Wildman–Crippen LogP) is 4.87. The SMILES string of the molecule is CCCCN1C(=O)/C(=c2\sc3n(c2=O)[C@H](c2cc(Br)ccc2OC)C(C(=O)OCC)=C(CCC)N=3)c2ccccc21. The molecule has 1 atom stereocenters. The molecule has 0 radical (unpaired) electrons. The highest BCUT2D eigenvalue weighted by Crippen LogP contribution is 2.39. The third-order valence-corrected chi connectivity index (χ3v) is 8.79. The summed E-state index contributed by atoms with van der Waals surface area (Å²) in [5, 5.41) is 0. The minimum absolute atomic E-state index is 0.178. The number of amides is 1. The average molecular weight is 639 g/mol. The normalized spacial score (nSPS) is 17.3. The lowest BCUT2D eigenvalue weighted by molar-refractivity contribution is -0.139. The van der Waals surface area contributed by atoms with Gasteiger partial charge in [-0.3, -0.25) is 14.2 Å². The van der Waals surface area contributed by atoms with Gasteiger partial charge in [0.15, 0.2) is 4.80 Å². The molecule has 10 heteroatoms. The van der Waals surface area contributed by atoms with Gasteiger partial charge in [-0.05, 0) is 44.0 Å². The van der Waals surface area contributed by atoms with Gasteiger partial charge >= 0.3 is 5.97 Å². The van der Waals surface area contributed by atoms with Gasteiger partial charge in [0.2, 0.25) is 0 Å². The molecule has 8 nitrogen and oxygen atoms in total. The number of benzene rings is 2. The monoisotopic (exact) mass is 637 g/mol. The number of rotatable bonds is 9. The molecule has 5 rings (SSSR count). The van der Waals surface area contributed by atoms with Gasteiger partial charge in [-0.25, -0.2) is 9.79 Å². The van der Waals surface area contributed by atoms with Crippen LogP contribution in [0.3, 0.4) is 0 Å². The second kappa shape index (κ2) is 12.2. The molecule has 2 aliphatic heterocycles. The first-order valence-electron chi connectivity index (χ1n) is 13.8. The largest absolute Gasteiger partial charge is 0.496 e. The van der Waals surface area contributed by atoms with Crippen LogP contribution in [0.15, 0.2) is 68.0 Å². The summed E-state index contributed by atoms with van der Waals surface area (Å²) >= 11 is 4.73. The summed E-state index contributed by atoms with van der Waals surface area (Å²) in [5.41, 5.74) is 3.01. The van der Waals surface area contributed by atoms with Crippen LogP contribution >= 0.6 is 27.3 Å². The van der Waals surface area contributed by atoms with Crippen molar-refractivity contribution in [3.63, 3.8) is 0 Å². The maximum atomic E-state index is 14.4. The number of ether oxygens (including phenoxy) is 2. The Morgan fingerprint density at radius 3 is 2.59 bits per heavy atom. The standard InChI is InChI=1S/C31H32BrN3O5S/c1-5-8-16-34-22-13-10-9-12-19(22)24(28(34)36)27-29(37)35-26(20-17-18(32)14-15-23(20)39-4)25(30(38)40-7-3)21(11-6-2)33-31(35)41-27/h9-10,12-15,17,26H,5-8,11,16H2,1-4H3/b27-24-/t26-/m1/s1. The fraction of sp³-hybridized carbons (Fsp3) is 0.355. The van der Waals surface area contributed by atoms with Gasteiger partial charge < -0.3 is 14.4 Å². The van der Waals surface area contributed by atoms with E-state index in [2.05, 4.69) is 22.9 Å². The Labute approximate surface area is 250 Å². The van der Waals surface area contributed by atoms with Gasteiger partial charge in [0, 0.05) is 22.1 Å². The highest BCUT2D eigenvalue weighted by molar-refractivity contribution is 9.10. The number of fused-ring (bicyclic) bond motifs is 2. The molecule has 2 aliphatic rings. The molecule has 3 heterocycles. The first kappa shape index (κ1) is 29.0. The quantitative estimate of drug-likeness (QED) is 0.312. The fourth-order valence-corrected chi connectivity index (χ4v) is 6.91. The highest BCUT2D eigenvalue weighted by Gasteiger charge is 2.38. The van der Waals surface area contributed by atoms with Crippen LogP contribution in [-0.2, 0) is 14.3 Å². The van der Waals surface area contributed by atoms with Crippen LogP contribution in [0.5, 0.6) is 5.75 Å². The van der Waals surface area contributed by atoms with Gasteiger partial charge in [0.1, 0.15) is 16.3 Å². The zero-order valence-electron chi connectivity index (χ0n) is 23.5. The molecule has 0 aliphatic carbocycles. The summed E-state index contributed by atoms with van der Waals surface area (Å²) in [7, 11) is 1.55. The lowest BCUT2D eigenvalue weighted by Gasteiger charge is -2.27. The first-order chi connectivity index (χ1) is 19.9. The van der Waals surface area contributed by atoms with E-state index < -0.39 is 12.0 Å². The number of carbonyl (C=O) groups excluding carboxylic acids is 2. The molecule has 3 aromatic rings. The van der Waals surface area contributed by atoms with Crippen molar-refractivity contribution in [3.05, 3.63) is 89.0 Å². The van der Waals surface area contributed by atoms with Crippen molar-refractivity contribution >= 4 is 50.4 Å². The van der Waals surface area contributed by atoms with Crippen molar-refractivity contribution in [2.75, 3.05) is 25.2 Å². The number of aromatic nitrogens is 1. The van der Waals surface area contributed by atoms with E-state index in [9.17, 15) is 14.4 Å². The number of nitrogens with zero attached hydrogens (tertiary/aromatic N) is 3. The Morgan fingerprint density at radius 2 is 1.88 bits per heavy atom. The van der Waals surface area contributed by atoms with Gasteiger partial charge in [-0.2, -0.15) is 0 Å². The molecular formula is C31H32BrN3O5S. The van der Waals surface area contributed by atoms with Crippen LogP contribution in [0.2, 0.25) is 0 Å². The number of carbonyl (C=O) groups is 2. The molecule has 2 aromatic carbocycles. The van der Waals surface area contributed by atoms with E-state index in [1.807, 2.05) is 43.3 Å². The van der Waals surface area contributed by atoms with Gasteiger partial charge in [0.25, 0.3) is 11.5 Å². The van der Waals surface area contributed by atoms with Crippen molar-refractivity contribution in [2.45, 2.75) is 52.5 Å².